The van der Waals surface area contributed by atoms with E-state index in [2.05, 4.69) is 49.4 Å². The van der Waals surface area contributed by atoms with Crippen LogP contribution in [0.4, 0.5) is 0 Å². The summed E-state index contributed by atoms with van der Waals surface area (Å²) in [6.07, 6.45) is 9.31. The van der Waals surface area contributed by atoms with Gasteiger partial charge in [0.05, 0.1) is 0 Å². The standard InChI is InChI=1S/C27H32O2/c1-27-15-14-21-22(24(27)12-13-26(27)29)11-10-19-17-25(28)20(16-23(19)21)9-5-8-18-6-3-2-4-7-18/h2-4,6-7,16-17,21-22,24,28H,5,8-15H2,1H3/t21?,22?,24?,27-/m0/s1. The predicted molar refractivity (Wildman–Crippen MR) is 116 cm³/mol. The molecule has 3 aliphatic rings. The van der Waals surface area contributed by atoms with Crippen LogP contribution < -0.4 is 0 Å². The number of rotatable bonds is 4. The molecule has 0 radical (unpaired) electrons. The molecule has 1 N–H and O–H groups in total. The topological polar surface area (TPSA) is 37.3 Å². The molecule has 2 heteroatoms. The van der Waals surface area contributed by atoms with E-state index in [9.17, 15) is 9.90 Å². The minimum Gasteiger partial charge on any atom is -0.508 e. The fraction of sp³-hybridized carbons (Fsp3) is 0.519. The first kappa shape index (κ1) is 18.9. The molecular weight excluding hydrogens is 356 g/mol. The number of hydrogen-bond donors (Lipinski definition) is 1. The van der Waals surface area contributed by atoms with Gasteiger partial charge in [-0.2, -0.15) is 0 Å². The van der Waals surface area contributed by atoms with Crippen LogP contribution in [0.15, 0.2) is 42.5 Å². The number of ketones is 1. The predicted octanol–water partition coefficient (Wildman–Crippen LogP) is 5.99. The quantitative estimate of drug-likeness (QED) is 0.698. The Bertz CT molecular complexity index is 916. The highest BCUT2D eigenvalue weighted by atomic mass is 16.3. The Morgan fingerprint density at radius 3 is 2.69 bits per heavy atom. The number of fused-ring (bicyclic) bond motifs is 5. The normalized spacial score (nSPS) is 30.5. The molecule has 0 aliphatic heterocycles. The summed E-state index contributed by atoms with van der Waals surface area (Å²) in [6, 6.07) is 15.0. The molecule has 0 heterocycles. The maximum atomic E-state index is 12.6. The molecule has 2 nitrogen and oxygen atoms in total. The molecule has 4 atom stereocenters. The van der Waals surface area contributed by atoms with Crippen molar-refractivity contribution < 1.29 is 9.90 Å². The van der Waals surface area contributed by atoms with Gasteiger partial charge in [0.2, 0.25) is 0 Å². The fourth-order valence-electron chi connectivity index (χ4n) is 6.75. The number of aryl methyl sites for hydroxylation is 3. The van der Waals surface area contributed by atoms with Crippen LogP contribution in [0.3, 0.4) is 0 Å². The number of phenolic OH excluding ortho intramolecular Hbond substituents is 1. The lowest BCUT2D eigenvalue weighted by atomic mass is 9.55. The van der Waals surface area contributed by atoms with Gasteiger partial charge in [0, 0.05) is 11.8 Å². The van der Waals surface area contributed by atoms with E-state index in [1.54, 1.807) is 0 Å². The second-order valence-corrected chi connectivity index (χ2v) is 9.85. The Morgan fingerprint density at radius 2 is 1.86 bits per heavy atom. The van der Waals surface area contributed by atoms with Crippen LogP contribution in [0.25, 0.3) is 0 Å². The second kappa shape index (κ2) is 7.31. The number of aromatic hydroxyl groups is 1. The van der Waals surface area contributed by atoms with E-state index in [1.807, 2.05) is 0 Å². The largest absolute Gasteiger partial charge is 0.508 e. The van der Waals surface area contributed by atoms with Crippen LogP contribution in [0.1, 0.15) is 73.6 Å². The molecule has 152 valence electrons. The van der Waals surface area contributed by atoms with Crippen molar-refractivity contribution in [3.8, 4) is 5.75 Å². The fourth-order valence-corrected chi connectivity index (χ4v) is 6.75. The van der Waals surface area contributed by atoms with Gasteiger partial charge in [-0.05, 0) is 97.4 Å². The van der Waals surface area contributed by atoms with Crippen LogP contribution in [0, 0.1) is 17.3 Å². The Morgan fingerprint density at radius 1 is 1.03 bits per heavy atom. The third kappa shape index (κ3) is 3.21. The number of hydrogen-bond acceptors (Lipinski definition) is 2. The molecule has 0 aromatic heterocycles. The van der Waals surface area contributed by atoms with Crippen molar-refractivity contribution in [2.75, 3.05) is 0 Å². The van der Waals surface area contributed by atoms with E-state index in [1.165, 1.54) is 23.1 Å². The van der Waals surface area contributed by atoms with Crippen LogP contribution in [-0.4, -0.2) is 10.9 Å². The number of Topliss-reactive ketones (excluding diaryl/α,β-unsaturated/α-hetero) is 1. The summed E-state index contributed by atoms with van der Waals surface area (Å²) < 4.78 is 0. The van der Waals surface area contributed by atoms with E-state index in [0.29, 0.717) is 29.3 Å². The minimum atomic E-state index is -0.0614. The number of phenols is 1. The first-order valence-electron chi connectivity index (χ1n) is 11.5. The number of carbonyl (C=O) groups is 1. The zero-order valence-corrected chi connectivity index (χ0v) is 17.5. The van der Waals surface area contributed by atoms with Crippen molar-refractivity contribution in [3.05, 3.63) is 64.7 Å². The zero-order chi connectivity index (χ0) is 20.0. The van der Waals surface area contributed by atoms with E-state index in [0.717, 1.165) is 56.9 Å². The van der Waals surface area contributed by atoms with Crippen LogP contribution in [0.5, 0.6) is 5.75 Å². The summed E-state index contributed by atoms with van der Waals surface area (Å²) in [5.74, 6) is 2.79. The Labute approximate surface area is 174 Å². The lowest BCUT2D eigenvalue weighted by Crippen LogP contribution is -2.42. The number of carbonyl (C=O) groups excluding carboxylic acids is 1. The first-order chi connectivity index (χ1) is 14.1. The molecule has 2 saturated carbocycles. The first-order valence-corrected chi connectivity index (χ1v) is 11.5. The molecule has 2 aromatic rings. The molecule has 29 heavy (non-hydrogen) atoms. The highest BCUT2D eigenvalue weighted by Crippen LogP contribution is 2.59. The van der Waals surface area contributed by atoms with E-state index in [4.69, 9.17) is 0 Å². The highest BCUT2D eigenvalue weighted by molar-refractivity contribution is 5.87. The van der Waals surface area contributed by atoms with Crippen LogP contribution in [0.2, 0.25) is 0 Å². The summed E-state index contributed by atoms with van der Waals surface area (Å²) in [4.78, 5) is 12.6. The molecule has 0 saturated heterocycles. The average Bonchev–Trinajstić information content (AvgIpc) is 3.04. The van der Waals surface area contributed by atoms with Gasteiger partial charge in [-0.25, -0.2) is 0 Å². The van der Waals surface area contributed by atoms with E-state index >= 15 is 0 Å². The Hall–Kier alpha value is -2.09. The maximum absolute atomic E-state index is 12.6. The summed E-state index contributed by atoms with van der Waals surface area (Å²) in [5.41, 5.74) is 5.24. The van der Waals surface area contributed by atoms with E-state index in [-0.39, 0.29) is 5.41 Å². The molecule has 5 rings (SSSR count). The number of benzene rings is 2. The smallest absolute Gasteiger partial charge is 0.139 e. The molecule has 3 aliphatic carbocycles. The van der Waals surface area contributed by atoms with Gasteiger partial charge in [0.1, 0.15) is 11.5 Å². The maximum Gasteiger partial charge on any atom is 0.139 e. The molecule has 3 unspecified atom stereocenters. The SMILES string of the molecule is C[C@]12CCC3c4cc(CCCc5ccccc5)c(O)cc4CCC3C1CCC2=O. The van der Waals surface area contributed by atoms with Crippen molar-refractivity contribution >= 4 is 5.78 Å². The average molecular weight is 389 g/mol. The zero-order valence-electron chi connectivity index (χ0n) is 17.5. The lowest BCUT2D eigenvalue weighted by Gasteiger charge is -2.48. The van der Waals surface area contributed by atoms with E-state index < -0.39 is 0 Å². The molecule has 0 bridgehead atoms. The summed E-state index contributed by atoms with van der Waals surface area (Å²) in [6.45, 7) is 2.24. The summed E-state index contributed by atoms with van der Waals surface area (Å²) in [7, 11) is 0. The monoisotopic (exact) mass is 388 g/mol. The molecule has 0 amide bonds. The third-order valence-electron chi connectivity index (χ3n) is 8.39. The Kier molecular flexibility index (Phi) is 4.76. The van der Waals surface area contributed by atoms with Crippen LogP contribution in [-0.2, 0) is 24.1 Å². The molecule has 0 spiro atoms. The van der Waals surface area contributed by atoms with Gasteiger partial charge < -0.3 is 5.11 Å². The van der Waals surface area contributed by atoms with Crippen molar-refractivity contribution in [3.63, 3.8) is 0 Å². The van der Waals surface area contributed by atoms with Gasteiger partial charge in [-0.1, -0.05) is 43.3 Å². The molecule has 2 fully saturated rings. The van der Waals surface area contributed by atoms with Crippen molar-refractivity contribution in [1.82, 2.24) is 0 Å². The van der Waals surface area contributed by atoms with Crippen LogP contribution >= 0.6 is 0 Å². The Balaban J connectivity index is 1.36. The molecular formula is C27H32O2. The van der Waals surface area contributed by atoms with Gasteiger partial charge in [0.15, 0.2) is 0 Å². The highest BCUT2D eigenvalue weighted by Gasteiger charge is 2.54. The van der Waals surface area contributed by atoms with Crippen molar-refractivity contribution in [2.45, 2.75) is 70.6 Å². The summed E-state index contributed by atoms with van der Waals surface area (Å²) >= 11 is 0. The van der Waals surface area contributed by atoms with Gasteiger partial charge in [0.25, 0.3) is 0 Å². The van der Waals surface area contributed by atoms with Gasteiger partial charge in [-0.15, -0.1) is 0 Å². The second-order valence-electron chi connectivity index (χ2n) is 9.85. The summed E-state index contributed by atoms with van der Waals surface area (Å²) in [5, 5.41) is 10.6. The lowest BCUT2D eigenvalue weighted by molar-refractivity contribution is -0.129. The van der Waals surface area contributed by atoms with Crippen molar-refractivity contribution in [2.24, 2.45) is 17.3 Å². The third-order valence-corrected chi connectivity index (χ3v) is 8.39. The van der Waals surface area contributed by atoms with Gasteiger partial charge >= 0.3 is 0 Å². The molecule has 2 aromatic carbocycles. The minimum absolute atomic E-state index is 0.0614. The van der Waals surface area contributed by atoms with Gasteiger partial charge in [-0.3, -0.25) is 4.79 Å². The van der Waals surface area contributed by atoms with Crippen molar-refractivity contribution in [1.29, 1.82) is 0 Å².